The van der Waals surface area contributed by atoms with Crippen LogP contribution in [-0.4, -0.2) is 48.3 Å². The summed E-state index contributed by atoms with van der Waals surface area (Å²) in [4.78, 5) is 0. The Bertz CT molecular complexity index is 423. The van der Waals surface area contributed by atoms with Crippen LogP contribution in [0.1, 0.15) is 44.3 Å². The molecule has 2 atom stereocenters. The van der Waals surface area contributed by atoms with Crippen LogP contribution in [0.4, 0.5) is 0 Å². The number of hydrogen-bond donors (Lipinski definition) is 1. The van der Waals surface area contributed by atoms with Gasteiger partial charge in [0.2, 0.25) is 0 Å². The fourth-order valence-corrected chi connectivity index (χ4v) is 3.42. The highest BCUT2D eigenvalue weighted by atomic mass is 16.6. The minimum absolute atomic E-state index is 0.135. The molecular formula is C16H27N3O2. The molecule has 1 saturated carbocycles. The van der Waals surface area contributed by atoms with Gasteiger partial charge in [0.05, 0.1) is 37.7 Å². The molecule has 1 N–H and O–H groups in total. The Balaban J connectivity index is 1.61. The third-order valence-corrected chi connectivity index (χ3v) is 4.55. The van der Waals surface area contributed by atoms with E-state index in [2.05, 4.69) is 29.2 Å². The Morgan fingerprint density at radius 1 is 1.38 bits per heavy atom. The SMILES string of the molecule is CCNC(Cc1ccn(C2CCCC2)n1)C1COCCO1. The quantitative estimate of drug-likeness (QED) is 0.871. The van der Waals surface area contributed by atoms with E-state index in [4.69, 9.17) is 14.6 Å². The van der Waals surface area contributed by atoms with E-state index < -0.39 is 0 Å². The molecule has 2 unspecified atom stereocenters. The van der Waals surface area contributed by atoms with Crippen LogP contribution in [-0.2, 0) is 15.9 Å². The Kier molecular flexibility index (Phi) is 5.27. The molecule has 1 aromatic rings. The molecular weight excluding hydrogens is 266 g/mol. The van der Waals surface area contributed by atoms with Gasteiger partial charge < -0.3 is 14.8 Å². The van der Waals surface area contributed by atoms with Crippen molar-refractivity contribution in [2.45, 2.75) is 57.2 Å². The highest BCUT2D eigenvalue weighted by Crippen LogP contribution is 2.28. The third-order valence-electron chi connectivity index (χ3n) is 4.55. The lowest BCUT2D eigenvalue weighted by atomic mass is 10.1. The van der Waals surface area contributed by atoms with Crippen molar-refractivity contribution in [3.63, 3.8) is 0 Å². The Labute approximate surface area is 127 Å². The molecule has 5 nitrogen and oxygen atoms in total. The summed E-state index contributed by atoms with van der Waals surface area (Å²) in [5.41, 5.74) is 1.15. The van der Waals surface area contributed by atoms with Crippen LogP contribution in [0.5, 0.6) is 0 Å². The Morgan fingerprint density at radius 3 is 2.95 bits per heavy atom. The summed E-state index contributed by atoms with van der Waals surface area (Å²) in [5.74, 6) is 0. The van der Waals surface area contributed by atoms with Gasteiger partial charge in [-0.05, 0) is 25.5 Å². The highest BCUT2D eigenvalue weighted by molar-refractivity contribution is 5.04. The van der Waals surface area contributed by atoms with Crippen LogP contribution in [0.15, 0.2) is 12.3 Å². The first-order valence-corrected chi connectivity index (χ1v) is 8.33. The second kappa shape index (κ2) is 7.38. The first-order valence-electron chi connectivity index (χ1n) is 8.33. The molecule has 1 aromatic heterocycles. The van der Waals surface area contributed by atoms with Crippen LogP contribution in [0.2, 0.25) is 0 Å². The maximum atomic E-state index is 5.85. The molecule has 1 aliphatic heterocycles. The molecule has 3 rings (SSSR count). The fraction of sp³-hybridized carbons (Fsp3) is 0.812. The first kappa shape index (κ1) is 15.0. The molecule has 0 aromatic carbocycles. The third kappa shape index (κ3) is 3.84. The van der Waals surface area contributed by atoms with Crippen molar-refractivity contribution in [1.82, 2.24) is 15.1 Å². The van der Waals surface area contributed by atoms with E-state index in [-0.39, 0.29) is 12.1 Å². The summed E-state index contributed by atoms with van der Waals surface area (Å²) in [6.07, 6.45) is 8.42. The van der Waals surface area contributed by atoms with Gasteiger partial charge in [-0.15, -0.1) is 0 Å². The summed E-state index contributed by atoms with van der Waals surface area (Å²) in [6.45, 7) is 5.16. The van der Waals surface area contributed by atoms with Crippen LogP contribution in [0, 0.1) is 0 Å². The van der Waals surface area contributed by atoms with E-state index in [1.807, 2.05) is 0 Å². The highest BCUT2D eigenvalue weighted by Gasteiger charge is 2.26. The molecule has 0 bridgehead atoms. The lowest BCUT2D eigenvalue weighted by molar-refractivity contribution is -0.101. The summed E-state index contributed by atoms with van der Waals surface area (Å²) in [6, 6.07) is 3.06. The van der Waals surface area contributed by atoms with Gasteiger partial charge in [-0.25, -0.2) is 0 Å². The average molecular weight is 293 g/mol. The fourth-order valence-electron chi connectivity index (χ4n) is 3.42. The smallest absolute Gasteiger partial charge is 0.0965 e. The van der Waals surface area contributed by atoms with Gasteiger partial charge in [0.25, 0.3) is 0 Å². The van der Waals surface area contributed by atoms with Gasteiger partial charge in [-0.2, -0.15) is 5.10 Å². The van der Waals surface area contributed by atoms with Gasteiger partial charge in [-0.1, -0.05) is 19.8 Å². The Morgan fingerprint density at radius 2 is 2.24 bits per heavy atom. The van der Waals surface area contributed by atoms with E-state index in [0.29, 0.717) is 25.9 Å². The number of likely N-dealkylation sites (N-methyl/N-ethyl adjacent to an activating group) is 1. The molecule has 118 valence electrons. The van der Waals surface area contributed by atoms with Gasteiger partial charge in [0.15, 0.2) is 0 Å². The normalized spacial score (nSPS) is 25.3. The van der Waals surface area contributed by atoms with Gasteiger partial charge in [-0.3, -0.25) is 4.68 Å². The lowest BCUT2D eigenvalue weighted by Crippen LogP contribution is -2.48. The molecule has 0 amide bonds. The largest absolute Gasteiger partial charge is 0.376 e. The molecule has 2 heterocycles. The number of nitrogens with zero attached hydrogens (tertiary/aromatic N) is 2. The van der Waals surface area contributed by atoms with Crippen molar-refractivity contribution >= 4 is 0 Å². The van der Waals surface area contributed by atoms with Crippen LogP contribution in [0.25, 0.3) is 0 Å². The van der Waals surface area contributed by atoms with Gasteiger partial charge in [0.1, 0.15) is 0 Å². The maximum Gasteiger partial charge on any atom is 0.0965 e. The Hall–Kier alpha value is -0.910. The second-order valence-corrected chi connectivity index (χ2v) is 6.08. The molecule has 1 aliphatic carbocycles. The number of ether oxygens (including phenoxy) is 2. The average Bonchev–Trinajstić information content (AvgIpc) is 3.19. The first-order chi connectivity index (χ1) is 10.4. The topological polar surface area (TPSA) is 48.3 Å². The van der Waals surface area contributed by atoms with Crippen LogP contribution in [0.3, 0.4) is 0 Å². The molecule has 1 saturated heterocycles. The zero-order valence-corrected chi connectivity index (χ0v) is 13.0. The van der Waals surface area contributed by atoms with Gasteiger partial charge >= 0.3 is 0 Å². The zero-order chi connectivity index (χ0) is 14.5. The number of aromatic nitrogens is 2. The minimum atomic E-state index is 0.135. The number of hydrogen-bond acceptors (Lipinski definition) is 4. The van der Waals surface area contributed by atoms with Crippen molar-refractivity contribution < 1.29 is 9.47 Å². The molecule has 2 aliphatic rings. The molecule has 0 spiro atoms. The monoisotopic (exact) mass is 293 g/mol. The number of rotatable bonds is 6. The second-order valence-electron chi connectivity index (χ2n) is 6.08. The lowest BCUT2D eigenvalue weighted by Gasteiger charge is -2.30. The molecule has 0 radical (unpaired) electrons. The van der Waals surface area contributed by atoms with E-state index in [0.717, 1.165) is 18.7 Å². The van der Waals surface area contributed by atoms with Crippen LogP contribution < -0.4 is 5.32 Å². The maximum absolute atomic E-state index is 5.85. The van der Waals surface area contributed by atoms with Crippen molar-refractivity contribution in [2.75, 3.05) is 26.4 Å². The van der Waals surface area contributed by atoms with Crippen molar-refractivity contribution in [2.24, 2.45) is 0 Å². The standard InChI is InChI=1S/C16H27N3O2/c1-2-17-15(16-12-20-9-10-21-16)11-13-7-8-19(18-13)14-5-3-4-6-14/h7-8,14-17H,2-6,9-12H2,1H3. The molecule has 2 fully saturated rings. The van der Waals surface area contributed by atoms with Crippen molar-refractivity contribution in [3.05, 3.63) is 18.0 Å². The van der Waals surface area contributed by atoms with E-state index in [1.165, 1.54) is 25.7 Å². The van der Waals surface area contributed by atoms with Crippen LogP contribution >= 0.6 is 0 Å². The zero-order valence-electron chi connectivity index (χ0n) is 13.0. The predicted octanol–water partition coefficient (Wildman–Crippen LogP) is 1.93. The van der Waals surface area contributed by atoms with E-state index >= 15 is 0 Å². The predicted molar refractivity (Wildman–Crippen MR) is 81.5 cm³/mol. The molecule has 5 heteroatoms. The summed E-state index contributed by atoms with van der Waals surface area (Å²) in [7, 11) is 0. The summed E-state index contributed by atoms with van der Waals surface area (Å²) >= 11 is 0. The van der Waals surface area contributed by atoms with E-state index in [1.54, 1.807) is 0 Å². The van der Waals surface area contributed by atoms with E-state index in [9.17, 15) is 0 Å². The van der Waals surface area contributed by atoms with Gasteiger partial charge in [0, 0.05) is 18.7 Å². The minimum Gasteiger partial charge on any atom is -0.376 e. The van der Waals surface area contributed by atoms with Crippen molar-refractivity contribution in [1.29, 1.82) is 0 Å². The summed E-state index contributed by atoms with van der Waals surface area (Å²) in [5, 5.41) is 8.31. The van der Waals surface area contributed by atoms with Crippen molar-refractivity contribution in [3.8, 4) is 0 Å². The number of nitrogens with one attached hydrogen (secondary N) is 1. The molecule has 21 heavy (non-hydrogen) atoms. The summed E-state index contributed by atoms with van der Waals surface area (Å²) < 4.78 is 13.6.